The highest BCUT2D eigenvalue weighted by Gasteiger charge is 2.25. The van der Waals surface area contributed by atoms with E-state index in [0.29, 0.717) is 28.1 Å². The van der Waals surface area contributed by atoms with Crippen molar-refractivity contribution in [3.63, 3.8) is 0 Å². The number of nitrogens with zero attached hydrogens (tertiary/aromatic N) is 3. The Kier molecular flexibility index (Phi) is 1.92. The molecule has 1 aliphatic heterocycles. The maximum atomic E-state index is 13.9. The van der Waals surface area contributed by atoms with Crippen LogP contribution in [0.25, 0.3) is 11.1 Å². The number of halogens is 1. The molecule has 0 aliphatic carbocycles. The van der Waals surface area contributed by atoms with E-state index in [1.54, 1.807) is 25.2 Å². The van der Waals surface area contributed by atoms with Crippen LogP contribution >= 0.6 is 0 Å². The van der Waals surface area contributed by atoms with E-state index in [9.17, 15) is 4.39 Å². The number of hydrogen-bond acceptors (Lipinski definition) is 3. The maximum Gasteiger partial charge on any atom is 0.219 e. The van der Waals surface area contributed by atoms with E-state index < -0.39 is 5.95 Å². The summed E-state index contributed by atoms with van der Waals surface area (Å²) < 4.78 is 20.6. The zero-order valence-electron chi connectivity index (χ0n) is 9.07. The SMILES string of the molecule is Cn1nc2c(c1F)-c1cc(C#N)ccc1OC2. The zero-order chi connectivity index (χ0) is 12.0. The van der Waals surface area contributed by atoms with Gasteiger partial charge in [-0.2, -0.15) is 14.8 Å². The molecule has 5 heteroatoms. The topological polar surface area (TPSA) is 50.8 Å². The van der Waals surface area contributed by atoms with Gasteiger partial charge in [-0.25, -0.2) is 4.68 Å². The van der Waals surface area contributed by atoms with Crippen molar-refractivity contribution in [3.8, 4) is 22.9 Å². The third-order valence-corrected chi connectivity index (χ3v) is 2.79. The van der Waals surface area contributed by atoms with Gasteiger partial charge in [0.05, 0.1) is 17.2 Å². The van der Waals surface area contributed by atoms with E-state index in [-0.39, 0.29) is 6.61 Å². The molecule has 0 amide bonds. The number of fused-ring (bicyclic) bond motifs is 3. The quantitative estimate of drug-likeness (QED) is 0.694. The standard InChI is InChI=1S/C12H8FN3O/c1-16-12(13)11-8-4-7(5-14)2-3-10(8)17-6-9(11)15-16/h2-4H,6H2,1H3. The van der Waals surface area contributed by atoms with Gasteiger partial charge in [-0.15, -0.1) is 0 Å². The number of aryl methyl sites for hydroxylation is 1. The highest BCUT2D eigenvalue weighted by Crippen LogP contribution is 2.38. The van der Waals surface area contributed by atoms with Gasteiger partial charge in [-0.1, -0.05) is 0 Å². The first-order valence-electron chi connectivity index (χ1n) is 5.09. The summed E-state index contributed by atoms with van der Waals surface area (Å²) in [5.74, 6) is 0.183. The summed E-state index contributed by atoms with van der Waals surface area (Å²) >= 11 is 0. The van der Waals surface area contributed by atoms with Crippen molar-refractivity contribution >= 4 is 0 Å². The lowest BCUT2D eigenvalue weighted by Crippen LogP contribution is -2.05. The normalized spacial score (nSPS) is 12.3. The van der Waals surface area contributed by atoms with Gasteiger partial charge in [0.15, 0.2) is 0 Å². The Balaban J connectivity index is 2.31. The lowest BCUT2D eigenvalue weighted by molar-refractivity contribution is 0.296. The molecule has 0 radical (unpaired) electrons. The Labute approximate surface area is 96.9 Å². The molecule has 0 N–H and O–H groups in total. The molecule has 1 aliphatic rings. The molecule has 1 aromatic carbocycles. The van der Waals surface area contributed by atoms with Crippen LogP contribution in [0.2, 0.25) is 0 Å². The van der Waals surface area contributed by atoms with Crippen LogP contribution in [-0.2, 0) is 13.7 Å². The second-order valence-electron chi connectivity index (χ2n) is 3.85. The van der Waals surface area contributed by atoms with Crippen molar-refractivity contribution in [2.24, 2.45) is 7.05 Å². The molecule has 0 saturated carbocycles. The summed E-state index contributed by atoms with van der Waals surface area (Å²) in [7, 11) is 1.54. The summed E-state index contributed by atoms with van der Waals surface area (Å²) in [5, 5.41) is 12.9. The van der Waals surface area contributed by atoms with Crippen LogP contribution in [-0.4, -0.2) is 9.78 Å². The molecule has 0 saturated heterocycles. The van der Waals surface area contributed by atoms with Crippen molar-refractivity contribution in [3.05, 3.63) is 35.4 Å². The average molecular weight is 229 g/mol. The lowest BCUT2D eigenvalue weighted by atomic mass is 10.0. The predicted octanol–water partition coefficient (Wildman–Crippen LogP) is 1.99. The van der Waals surface area contributed by atoms with Crippen molar-refractivity contribution in [1.29, 1.82) is 5.26 Å². The fourth-order valence-corrected chi connectivity index (χ4v) is 1.99. The van der Waals surface area contributed by atoms with Gasteiger partial charge in [0, 0.05) is 12.6 Å². The van der Waals surface area contributed by atoms with E-state index in [2.05, 4.69) is 5.10 Å². The van der Waals surface area contributed by atoms with Crippen molar-refractivity contribution in [2.75, 3.05) is 0 Å². The van der Waals surface area contributed by atoms with Crippen molar-refractivity contribution < 1.29 is 9.13 Å². The van der Waals surface area contributed by atoms with Gasteiger partial charge in [0.1, 0.15) is 18.1 Å². The third-order valence-electron chi connectivity index (χ3n) is 2.79. The van der Waals surface area contributed by atoms with Crippen molar-refractivity contribution in [1.82, 2.24) is 9.78 Å². The minimum Gasteiger partial charge on any atom is -0.487 e. The molecule has 0 unspecified atom stereocenters. The van der Waals surface area contributed by atoms with Gasteiger partial charge in [0.2, 0.25) is 5.95 Å². The fourth-order valence-electron chi connectivity index (χ4n) is 1.99. The summed E-state index contributed by atoms with van der Waals surface area (Å²) in [6.07, 6.45) is 0. The van der Waals surface area contributed by atoms with Crippen LogP contribution in [0.4, 0.5) is 4.39 Å². The fraction of sp³-hybridized carbons (Fsp3) is 0.167. The Morgan fingerprint density at radius 3 is 3.12 bits per heavy atom. The van der Waals surface area contributed by atoms with Gasteiger partial charge < -0.3 is 4.74 Å². The molecule has 0 bridgehead atoms. The highest BCUT2D eigenvalue weighted by molar-refractivity contribution is 5.75. The minimum absolute atomic E-state index is 0.256. The van der Waals surface area contributed by atoms with Crippen LogP contribution in [0.1, 0.15) is 11.3 Å². The minimum atomic E-state index is -0.403. The second-order valence-corrected chi connectivity index (χ2v) is 3.85. The van der Waals surface area contributed by atoms with Crippen LogP contribution < -0.4 is 4.74 Å². The van der Waals surface area contributed by atoms with Gasteiger partial charge in [0.25, 0.3) is 0 Å². The van der Waals surface area contributed by atoms with Crippen LogP contribution in [0.5, 0.6) is 5.75 Å². The largest absolute Gasteiger partial charge is 0.487 e. The summed E-state index contributed by atoms with van der Waals surface area (Å²) in [5.41, 5.74) is 2.07. The van der Waals surface area contributed by atoms with Gasteiger partial charge in [-0.05, 0) is 18.2 Å². The Hall–Kier alpha value is -2.35. The molecule has 2 aromatic rings. The number of hydrogen-bond donors (Lipinski definition) is 0. The highest BCUT2D eigenvalue weighted by atomic mass is 19.1. The Morgan fingerprint density at radius 2 is 2.35 bits per heavy atom. The molecule has 0 atom stereocenters. The summed E-state index contributed by atoms with van der Waals surface area (Å²) in [6.45, 7) is 0.256. The van der Waals surface area contributed by atoms with E-state index in [1.165, 1.54) is 4.68 Å². The first-order chi connectivity index (χ1) is 8.20. The van der Waals surface area contributed by atoms with Gasteiger partial charge in [-0.3, -0.25) is 0 Å². The molecule has 2 heterocycles. The molecule has 0 spiro atoms. The number of aromatic nitrogens is 2. The van der Waals surface area contributed by atoms with Gasteiger partial charge >= 0.3 is 0 Å². The molecule has 84 valence electrons. The number of rotatable bonds is 0. The molecule has 4 nitrogen and oxygen atoms in total. The molecular weight excluding hydrogens is 221 g/mol. The molecule has 3 rings (SSSR count). The third kappa shape index (κ3) is 1.31. The lowest BCUT2D eigenvalue weighted by Gasteiger charge is -2.16. The summed E-state index contributed by atoms with van der Waals surface area (Å²) in [4.78, 5) is 0. The molecule has 0 fully saturated rings. The first kappa shape index (κ1) is 9.85. The number of nitriles is 1. The summed E-state index contributed by atoms with van der Waals surface area (Å²) in [6, 6.07) is 6.99. The number of ether oxygens (including phenoxy) is 1. The number of benzene rings is 1. The molecular formula is C12H8FN3O. The average Bonchev–Trinajstić information content (AvgIpc) is 2.65. The van der Waals surface area contributed by atoms with Crippen molar-refractivity contribution in [2.45, 2.75) is 6.61 Å². The monoisotopic (exact) mass is 229 g/mol. The zero-order valence-corrected chi connectivity index (χ0v) is 9.07. The van der Waals surface area contributed by atoms with E-state index in [1.807, 2.05) is 6.07 Å². The van der Waals surface area contributed by atoms with E-state index in [4.69, 9.17) is 10.00 Å². The molecule has 17 heavy (non-hydrogen) atoms. The van der Waals surface area contributed by atoms with Crippen LogP contribution in [0, 0.1) is 17.3 Å². The Morgan fingerprint density at radius 1 is 1.53 bits per heavy atom. The Bertz CT molecular complexity index is 655. The maximum absolute atomic E-state index is 13.9. The second kappa shape index (κ2) is 3.32. The first-order valence-corrected chi connectivity index (χ1v) is 5.09. The van der Waals surface area contributed by atoms with Crippen LogP contribution in [0.15, 0.2) is 18.2 Å². The van der Waals surface area contributed by atoms with E-state index in [0.717, 1.165) is 0 Å². The molecule has 1 aromatic heterocycles. The smallest absolute Gasteiger partial charge is 0.219 e. The van der Waals surface area contributed by atoms with E-state index >= 15 is 0 Å². The van der Waals surface area contributed by atoms with Crippen LogP contribution in [0.3, 0.4) is 0 Å². The predicted molar refractivity (Wildman–Crippen MR) is 57.6 cm³/mol.